The van der Waals surface area contributed by atoms with Gasteiger partial charge in [0.1, 0.15) is 5.02 Å². The van der Waals surface area contributed by atoms with E-state index in [1.165, 1.54) is 18.2 Å². The molecule has 1 amide bonds. The number of carbonyl (C=O) groups is 1. The fourth-order valence-electron chi connectivity index (χ4n) is 2.19. The molecule has 1 aliphatic rings. The predicted molar refractivity (Wildman–Crippen MR) is 74.0 cm³/mol. The normalized spacial score (nSPS) is 22.3. The summed E-state index contributed by atoms with van der Waals surface area (Å²) >= 11 is 5.72. The lowest BCUT2D eigenvalue weighted by molar-refractivity contribution is -0.384. The van der Waals surface area contributed by atoms with Crippen LogP contribution in [0.3, 0.4) is 0 Å². The van der Waals surface area contributed by atoms with Crippen LogP contribution >= 0.6 is 11.6 Å². The number of nitro groups is 1. The first-order valence-electron chi connectivity index (χ1n) is 6.34. The van der Waals surface area contributed by atoms with Gasteiger partial charge in [-0.25, -0.2) is 0 Å². The van der Waals surface area contributed by atoms with Gasteiger partial charge in [0.25, 0.3) is 11.6 Å². The quantitative estimate of drug-likeness (QED) is 0.687. The molecule has 0 bridgehead atoms. The molecule has 2 atom stereocenters. The molecular weight excluding hydrogens is 284 g/mol. The Morgan fingerprint density at radius 2 is 2.30 bits per heavy atom. The van der Waals surface area contributed by atoms with Crippen LogP contribution in [0, 0.1) is 10.1 Å². The average molecular weight is 299 g/mol. The number of halogens is 1. The zero-order valence-electron chi connectivity index (χ0n) is 11.0. The maximum absolute atomic E-state index is 12.1. The summed E-state index contributed by atoms with van der Waals surface area (Å²) in [5, 5.41) is 13.7. The smallest absolute Gasteiger partial charge is 0.288 e. The molecule has 1 N–H and O–H groups in total. The van der Waals surface area contributed by atoms with E-state index in [-0.39, 0.29) is 34.3 Å². The molecule has 0 aliphatic carbocycles. The molecule has 2 unspecified atom stereocenters. The predicted octanol–water partition coefficient (Wildman–Crippen LogP) is 2.55. The van der Waals surface area contributed by atoms with Gasteiger partial charge in [0.05, 0.1) is 11.0 Å². The summed E-state index contributed by atoms with van der Waals surface area (Å²) in [5.41, 5.74) is -0.0279. The van der Waals surface area contributed by atoms with E-state index in [4.69, 9.17) is 16.3 Å². The Labute approximate surface area is 121 Å². The molecule has 2 rings (SSSR count). The topological polar surface area (TPSA) is 81.5 Å². The summed E-state index contributed by atoms with van der Waals surface area (Å²) in [5.74, 6) is -0.330. The molecule has 0 spiro atoms. The van der Waals surface area contributed by atoms with Crippen LogP contribution < -0.4 is 5.32 Å². The van der Waals surface area contributed by atoms with Crippen molar-refractivity contribution in [2.24, 2.45) is 0 Å². The lowest BCUT2D eigenvalue weighted by Crippen LogP contribution is -2.41. The van der Waals surface area contributed by atoms with E-state index in [0.29, 0.717) is 6.61 Å². The number of nitro benzene ring substituents is 1. The second-order valence-electron chi connectivity index (χ2n) is 4.80. The molecular formula is C13H15ClN2O4. The zero-order chi connectivity index (χ0) is 14.7. The standard InChI is InChI=1S/C13H15ClN2O4/c1-8-6-10(4-5-20-8)15-13(17)9-2-3-11(14)12(7-9)16(18)19/h2-3,7-8,10H,4-6H2,1H3,(H,15,17). The molecule has 1 saturated heterocycles. The molecule has 1 fully saturated rings. The van der Waals surface area contributed by atoms with Gasteiger partial charge in [-0.05, 0) is 31.9 Å². The Bertz CT molecular complexity index is 535. The highest BCUT2D eigenvalue weighted by atomic mass is 35.5. The maximum Gasteiger partial charge on any atom is 0.288 e. The Morgan fingerprint density at radius 3 is 2.95 bits per heavy atom. The minimum absolute atomic E-state index is 0.0197. The van der Waals surface area contributed by atoms with E-state index >= 15 is 0 Å². The number of ether oxygens (including phenoxy) is 1. The van der Waals surface area contributed by atoms with Crippen LogP contribution in [-0.2, 0) is 4.74 Å². The summed E-state index contributed by atoms with van der Waals surface area (Å²) in [6.45, 7) is 2.55. The van der Waals surface area contributed by atoms with Gasteiger partial charge >= 0.3 is 0 Å². The molecule has 1 heterocycles. The van der Waals surface area contributed by atoms with Crippen molar-refractivity contribution < 1.29 is 14.5 Å². The first-order chi connectivity index (χ1) is 9.47. The van der Waals surface area contributed by atoms with Crippen molar-refractivity contribution in [1.82, 2.24) is 5.32 Å². The van der Waals surface area contributed by atoms with Crippen LogP contribution in [0.15, 0.2) is 18.2 Å². The van der Waals surface area contributed by atoms with Gasteiger partial charge in [0.2, 0.25) is 0 Å². The van der Waals surface area contributed by atoms with Crippen LogP contribution in [0.5, 0.6) is 0 Å². The number of amides is 1. The molecule has 0 aromatic heterocycles. The lowest BCUT2D eigenvalue weighted by Gasteiger charge is -2.27. The number of rotatable bonds is 3. The first kappa shape index (κ1) is 14.7. The Hall–Kier alpha value is -1.66. The fourth-order valence-corrected chi connectivity index (χ4v) is 2.38. The van der Waals surface area contributed by atoms with E-state index in [1.54, 1.807) is 0 Å². The SMILES string of the molecule is CC1CC(NC(=O)c2ccc(Cl)c([N+](=O)[O-])c2)CCO1. The Morgan fingerprint density at radius 1 is 1.55 bits per heavy atom. The molecule has 0 radical (unpaired) electrons. The van der Waals surface area contributed by atoms with Crippen LogP contribution in [0.4, 0.5) is 5.69 Å². The van der Waals surface area contributed by atoms with Crippen LogP contribution in [-0.4, -0.2) is 29.6 Å². The van der Waals surface area contributed by atoms with Crippen molar-refractivity contribution in [3.05, 3.63) is 38.9 Å². The van der Waals surface area contributed by atoms with Gasteiger partial charge in [-0.15, -0.1) is 0 Å². The number of nitrogens with zero attached hydrogens (tertiary/aromatic N) is 1. The monoisotopic (exact) mass is 298 g/mol. The van der Waals surface area contributed by atoms with Gasteiger partial charge in [-0.3, -0.25) is 14.9 Å². The number of hydrogen-bond acceptors (Lipinski definition) is 4. The molecule has 108 valence electrons. The second-order valence-corrected chi connectivity index (χ2v) is 5.21. The molecule has 0 saturated carbocycles. The van der Waals surface area contributed by atoms with E-state index in [1.807, 2.05) is 6.92 Å². The van der Waals surface area contributed by atoms with Crippen molar-refractivity contribution in [2.75, 3.05) is 6.61 Å². The van der Waals surface area contributed by atoms with Crippen LogP contribution in [0.2, 0.25) is 5.02 Å². The van der Waals surface area contributed by atoms with Crippen molar-refractivity contribution in [3.63, 3.8) is 0 Å². The third-order valence-electron chi connectivity index (χ3n) is 3.23. The Kier molecular flexibility index (Phi) is 4.57. The Balaban J connectivity index is 2.09. The molecule has 1 aromatic carbocycles. The summed E-state index contributed by atoms with van der Waals surface area (Å²) in [7, 11) is 0. The second kappa shape index (κ2) is 6.19. The lowest BCUT2D eigenvalue weighted by atomic mass is 10.0. The number of carbonyl (C=O) groups excluding carboxylic acids is 1. The number of nitrogens with one attached hydrogen (secondary N) is 1. The molecule has 6 nitrogen and oxygen atoms in total. The van der Waals surface area contributed by atoms with Gasteiger partial charge in [-0.2, -0.15) is 0 Å². The molecule has 7 heteroatoms. The minimum atomic E-state index is -0.602. The summed E-state index contributed by atoms with van der Waals surface area (Å²) in [4.78, 5) is 22.3. The highest BCUT2D eigenvalue weighted by Crippen LogP contribution is 2.25. The van der Waals surface area contributed by atoms with Crippen molar-refractivity contribution in [2.45, 2.75) is 31.9 Å². The molecule has 1 aromatic rings. The third-order valence-corrected chi connectivity index (χ3v) is 3.54. The largest absolute Gasteiger partial charge is 0.378 e. The number of benzene rings is 1. The van der Waals surface area contributed by atoms with Crippen molar-refractivity contribution in [3.8, 4) is 0 Å². The third kappa shape index (κ3) is 3.46. The van der Waals surface area contributed by atoms with Gasteiger partial charge in [-0.1, -0.05) is 11.6 Å². The van der Waals surface area contributed by atoms with Crippen LogP contribution in [0.25, 0.3) is 0 Å². The van der Waals surface area contributed by atoms with Gasteiger partial charge in [0.15, 0.2) is 0 Å². The summed E-state index contributed by atoms with van der Waals surface area (Å²) < 4.78 is 5.40. The average Bonchev–Trinajstić information content (AvgIpc) is 2.38. The summed E-state index contributed by atoms with van der Waals surface area (Å²) in [6.07, 6.45) is 1.58. The zero-order valence-corrected chi connectivity index (χ0v) is 11.7. The minimum Gasteiger partial charge on any atom is -0.378 e. The van der Waals surface area contributed by atoms with E-state index in [9.17, 15) is 14.9 Å². The van der Waals surface area contributed by atoms with Crippen molar-refractivity contribution >= 4 is 23.2 Å². The summed E-state index contributed by atoms with van der Waals surface area (Å²) in [6, 6.07) is 4.07. The number of hydrogen-bond donors (Lipinski definition) is 1. The molecule has 1 aliphatic heterocycles. The van der Waals surface area contributed by atoms with E-state index in [0.717, 1.165) is 12.8 Å². The molecule has 20 heavy (non-hydrogen) atoms. The highest BCUT2D eigenvalue weighted by molar-refractivity contribution is 6.32. The van der Waals surface area contributed by atoms with E-state index < -0.39 is 4.92 Å². The van der Waals surface area contributed by atoms with Crippen LogP contribution in [0.1, 0.15) is 30.1 Å². The highest BCUT2D eigenvalue weighted by Gasteiger charge is 2.22. The van der Waals surface area contributed by atoms with Gasteiger partial charge < -0.3 is 10.1 Å². The maximum atomic E-state index is 12.1. The fraction of sp³-hybridized carbons (Fsp3) is 0.462. The van der Waals surface area contributed by atoms with Crippen molar-refractivity contribution in [1.29, 1.82) is 0 Å². The first-order valence-corrected chi connectivity index (χ1v) is 6.71. The van der Waals surface area contributed by atoms with E-state index in [2.05, 4.69) is 5.32 Å². The van der Waals surface area contributed by atoms with Gasteiger partial charge in [0, 0.05) is 24.3 Å².